The molecule has 1 atom stereocenters. The number of carboxylic acids is 1. The van der Waals surface area contributed by atoms with E-state index >= 15 is 0 Å². The van der Waals surface area contributed by atoms with Crippen molar-refractivity contribution in [3.63, 3.8) is 0 Å². The summed E-state index contributed by atoms with van der Waals surface area (Å²) < 4.78 is 32.8. The van der Waals surface area contributed by atoms with Crippen molar-refractivity contribution in [2.24, 2.45) is 5.92 Å². The van der Waals surface area contributed by atoms with Crippen molar-refractivity contribution in [2.45, 2.75) is 19.8 Å². The van der Waals surface area contributed by atoms with E-state index in [1.165, 1.54) is 4.31 Å². The number of hydrogen-bond donors (Lipinski definition) is 2. The van der Waals surface area contributed by atoms with Crippen molar-refractivity contribution in [2.75, 3.05) is 32.8 Å². The van der Waals surface area contributed by atoms with E-state index in [4.69, 9.17) is 9.84 Å². The summed E-state index contributed by atoms with van der Waals surface area (Å²) in [5.41, 5.74) is 0.869. The number of nitrogens with zero attached hydrogens (tertiary/aromatic N) is 1. The van der Waals surface area contributed by atoms with Gasteiger partial charge in [0.15, 0.2) is 0 Å². The molecule has 1 aliphatic heterocycles. The molecule has 0 aromatic rings. The average molecular weight is 306 g/mol. The highest BCUT2D eigenvalue weighted by molar-refractivity contribution is 7.87. The Morgan fingerprint density at radius 3 is 2.85 bits per heavy atom. The first-order chi connectivity index (χ1) is 9.33. The zero-order valence-electron chi connectivity index (χ0n) is 11.7. The summed E-state index contributed by atoms with van der Waals surface area (Å²) in [7, 11) is -3.63. The fourth-order valence-electron chi connectivity index (χ4n) is 1.94. The second kappa shape index (κ2) is 7.72. The van der Waals surface area contributed by atoms with Crippen molar-refractivity contribution in [3.05, 3.63) is 12.2 Å². The van der Waals surface area contributed by atoms with E-state index in [1.807, 2.05) is 6.92 Å². The predicted octanol–water partition coefficient (Wildman–Crippen LogP) is 0.210. The van der Waals surface area contributed by atoms with Gasteiger partial charge in [-0.1, -0.05) is 12.2 Å². The molecule has 1 fully saturated rings. The van der Waals surface area contributed by atoms with E-state index in [1.54, 1.807) is 0 Å². The second-order valence-electron chi connectivity index (χ2n) is 4.94. The molecule has 7 nitrogen and oxygen atoms in total. The number of hydrogen-bond acceptors (Lipinski definition) is 4. The Hall–Kier alpha value is -0.960. The molecule has 1 heterocycles. The van der Waals surface area contributed by atoms with Gasteiger partial charge < -0.3 is 9.84 Å². The van der Waals surface area contributed by atoms with Gasteiger partial charge in [-0.15, -0.1) is 0 Å². The van der Waals surface area contributed by atoms with Gasteiger partial charge in [-0.05, 0) is 19.8 Å². The third-order valence-electron chi connectivity index (χ3n) is 2.95. The molecule has 0 aromatic heterocycles. The van der Waals surface area contributed by atoms with E-state index in [0.29, 0.717) is 26.0 Å². The van der Waals surface area contributed by atoms with Crippen LogP contribution in [0.15, 0.2) is 12.2 Å². The Labute approximate surface area is 119 Å². The minimum absolute atomic E-state index is 0.0251. The molecule has 2 N–H and O–H groups in total. The number of ether oxygens (including phenoxy) is 1. The van der Waals surface area contributed by atoms with Crippen molar-refractivity contribution >= 4 is 16.2 Å². The lowest BCUT2D eigenvalue weighted by molar-refractivity contribution is -0.142. The third kappa shape index (κ3) is 5.58. The van der Waals surface area contributed by atoms with Crippen LogP contribution in [0.4, 0.5) is 0 Å². The summed E-state index contributed by atoms with van der Waals surface area (Å²) in [6.07, 6.45) is 1.08. The molecule has 1 unspecified atom stereocenters. The molecular weight excluding hydrogens is 284 g/mol. The van der Waals surface area contributed by atoms with E-state index in [2.05, 4.69) is 11.3 Å². The first-order valence-electron chi connectivity index (χ1n) is 6.52. The standard InChI is InChI=1S/C12H22N2O5S/c1-10(2)9-19-7-5-13-20(17,18)14-6-3-4-11(8-14)12(15)16/h11,13H,1,3-9H2,2H3,(H,15,16). The molecule has 20 heavy (non-hydrogen) atoms. The Morgan fingerprint density at radius 2 is 2.25 bits per heavy atom. The van der Waals surface area contributed by atoms with Crippen LogP contribution in [0.2, 0.25) is 0 Å². The molecule has 1 aliphatic rings. The van der Waals surface area contributed by atoms with Crippen LogP contribution in [-0.4, -0.2) is 56.6 Å². The summed E-state index contributed by atoms with van der Waals surface area (Å²) in [6, 6.07) is 0. The van der Waals surface area contributed by atoms with Crippen molar-refractivity contribution in [1.29, 1.82) is 0 Å². The first kappa shape index (κ1) is 17.1. The number of piperidine rings is 1. The number of aliphatic carboxylic acids is 1. The van der Waals surface area contributed by atoms with E-state index < -0.39 is 22.1 Å². The fourth-order valence-corrected chi connectivity index (χ4v) is 3.21. The van der Waals surface area contributed by atoms with Crippen LogP contribution in [0.5, 0.6) is 0 Å². The van der Waals surface area contributed by atoms with Gasteiger partial charge >= 0.3 is 5.97 Å². The van der Waals surface area contributed by atoms with Crippen LogP contribution in [0.25, 0.3) is 0 Å². The number of rotatable bonds is 8. The molecule has 0 bridgehead atoms. The molecule has 0 spiro atoms. The molecule has 0 radical (unpaired) electrons. The Morgan fingerprint density at radius 1 is 1.55 bits per heavy atom. The van der Waals surface area contributed by atoms with Gasteiger partial charge in [-0.2, -0.15) is 17.4 Å². The van der Waals surface area contributed by atoms with Crippen molar-refractivity contribution < 1.29 is 23.1 Å². The van der Waals surface area contributed by atoms with Gasteiger partial charge in [0.05, 0.1) is 19.1 Å². The predicted molar refractivity (Wildman–Crippen MR) is 74.5 cm³/mol. The summed E-state index contributed by atoms with van der Waals surface area (Å²) in [4.78, 5) is 10.9. The summed E-state index contributed by atoms with van der Waals surface area (Å²) in [6.45, 7) is 6.68. The Bertz CT molecular complexity index is 449. The highest BCUT2D eigenvalue weighted by atomic mass is 32.2. The summed E-state index contributed by atoms with van der Waals surface area (Å²) >= 11 is 0. The molecule has 0 aliphatic carbocycles. The van der Waals surface area contributed by atoms with Crippen LogP contribution in [-0.2, 0) is 19.7 Å². The van der Waals surface area contributed by atoms with Gasteiger partial charge in [-0.3, -0.25) is 4.79 Å². The second-order valence-corrected chi connectivity index (χ2v) is 6.70. The van der Waals surface area contributed by atoms with Gasteiger partial charge in [-0.25, -0.2) is 0 Å². The van der Waals surface area contributed by atoms with Crippen molar-refractivity contribution in [3.8, 4) is 0 Å². The Kier molecular flexibility index (Phi) is 6.60. The number of carbonyl (C=O) groups is 1. The minimum Gasteiger partial charge on any atom is -0.481 e. The lowest BCUT2D eigenvalue weighted by atomic mass is 10.0. The zero-order valence-corrected chi connectivity index (χ0v) is 12.5. The molecule has 8 heteroatoms. The molecule has 1 rings (SSSR count). The minimum atomic E-state index is -3.63. The monoisotopic (exact) mass is 306 g/mol. The Balaban J connectivity index is 2.39. The maximum absolute atomic E-state index is 12.0. The highest BCUT2D eigenvalue weighted by Crippen LogP contribution is 2.18. The third-order valence-corrected chi connectivity index (χ3v) is 4.53. The van der Waals surface area contributed by atoms with Crippen LogP contribution in [0, 0.1) is 5.92 Å². The highest BCUT2D eigenvalue weighted by Gasteiger charge is 2.31. The van der Waals surface area contributed by atoms with E-state index in [9.17, 15) is 13.2 Å². The van der Waals surface area contributed by atoms with E-state index in [-0.39, 0.29) is 19.7 Å². The summed E-state index contributed by atoms with van der Waals surface area (Å²) in [5.74, 6) is -1.57. The maximum atomic E-state index is 12.0. The normalized spacial score (nSPS) is 20.8. The van der Waals surface area contributed by atoms with Gasteiger partial charge in [0.2, 0.25) is 0 Å². The molecule has 0 aromatic carbocycles. The van der Waals surface area contributed by atoms with Gasteiger partial charge in [0.1, 0.15) is 0 Å². The van der Waals surface area contributed by atoms with Crippen LogP contribution in [0.3, 0.4) is 0 Å². The number of carboxylic acid groups (broad SMARTS) is 1. The first-order valence-corrected chi connectivity index (χ1v) is 7.96. The zero-order chi connectivity index (χ0) is 15.2. The smallest absolute Gasteiger partial charge is 0.307 e. The van der Waals surface area contributed by atoms with Gasteiger partial charge in [0, 0.05) is 19.6 Å². The summed E-state index contributed by atoms with van der Waals surface area (Å²) in [5, 5.41) is 8.95. The fraction of sp³-hybridized carbons (Fsp3) is 0.750. The van der Waals surface area contributed by atoms with E-state index in [0.717, 1.165) is 5.57 Å². The SMILES string of the molecule is C=C(C)COCCNS(=O)(=O)N1CCCC(C(=O)O)C1. The topological polar surface area (TPSA) is 95.9 Å². The molecule has 0 amide bonds. The average Bonchev–Trinajstić information content (AvgIpc) is 2.38. The number of nitrogens with one attached hydrogen (secondary N) is 1. The van der Waals surface area contributed by atoms with Crippen LogP contribution in [0.1, 0.15) is 19.8 Å². The van der Waals surface area contributed by atoms with Crippen LogP contribution >= 0.6 is 0 Å². The molecular formula is C12H22N2O5S. The molecule has 116 valence electrons. The maximum Gasteiger partial charge on any atom is 0.307 e. The van der Waals surface area contributed by atoms with Crippen LogP contribution < -0.4 is 4.72 Å². The van der Waals surface area contributed by atoms with Crippen molar-refractivity contribution in [1.82, 2.24) is 9.03 Å². The molecule has 1 saturated heterocycles. The van der Waals surface area contributed by atoms with Gasteiger partial charge in [0.25, 0.3) is 10.2 Å². The lowest BCUT2D eigenvalue weighted by Crippen LogP contribution is -2.48. The molecule has 0 saturated carbocycles. The largest absolute Gasteiger partial charge is 0.481 e. The lowest BCUT2D eigenvalue weighted by Gasteiger charge is -2.29. The quantitative estimate of drug-likeness (QED) is 0.494.